The van der Waals surface area contributed by atoms with Gasteiger partial charge in [-0.15, -0.1) is 0 Å². The van der Waals surface area contributed by atoms with Gasteiger partial charge in [-0.25, -0.2) is 0 Å². The average Bonchev–Trinajstić information content (AvgIpc) is 3.70. The Morgan fingerprint density at radius 2 is 0.904 bits per heavy atom. The molecule has 0 aliphatic heterocycles. The monoisotopic (exact) mass is 825 g/mol. The van der Waals surface area contributed by atoms with Crippen molar-refractivity contribution >= 4 is 35.1 Å². The Morgan fingerprint density at radius 1 is 0.558 bits per heavy atom. The standard InChI is InChI=1S/2C22H25.C4H11Si.2ClH.Zr/c2*1-15(2)18-13-17-7-6-8-20(21(17)14-18)16-9-11-19(12-10-16)22(3,4)5;1-3-5-4-2;;;/h2*6-15H,1-5H3;5H,3-4H2,1-2H3;2*1H;/q;;;;;+2/p-2. The molecule has 0 saturated carbocycles. The van der Waals surface area contributed by atoms with Crippen molar-refractivity contribution in [3.05, 3.63) is 129 Å². The fourth-order valence-electron chi connectivity index (χ4n) is 9.59. The van der Waals surface area contributed by atoms with Gasteiger partial charge in [0.15, 0.2) is 0 Å². The van der Waals surface area contributed by atoms with E-state index in [2.05, 4.69) is 180 Å². The molecule has 0 nitrogen and oxygen atoms in total. The van der Waals surface area contributed by atoms with E-state index in [9.17, 15) is 0 Å². The van der Waals surface area contributed by atoms with Gasteiger partial charge >= 0.3 is 327 Å². The fraction of sp³-hybridized carbons (Fsp3) is 0.417. The number of fused-ring (bicyclic) bond motifs is 2. The van der Waals surface area contributed by atoms with Gasteiger partial charge in [0.25, 0.3) is 0 Å². The zero-order valence-electron chi connectivity index (χ0n) is 33.8. The second-order valence-corrected chi connectivity index (χ2v) is 59.2. The summed E-state index contributed by atoms with van der Waals surface area (Å²) in [6.45, 7) is 27.9. The summed E-state index contributed by atoms with van der Waals surface area (Å²) in [5.41, 5.74) is 16.4. The van der Waals surface area contributed by atoms with Crippen LogP contribution in [-0.2, 0) is 26.4 Å². The normalized spacial score (nSPS) is 18.4. The predicted octanol–water partition coefficient (Wildman–Crippen LogP) is 15.3. The Morgan fingerprint density at radius 3 is 1.19 bits per heavy atom. The van der Waals surface area contributed by atoms with Gasteiger partial charge in [-0.05, 0) is 0 Å². The average molecular weight is 828 g/mol. The van der Waals surface area contributed by atoms with E-state index >= 15 is 0 Å². The van der Waals surface area contributed by atoms with E-state index in [-0.39, 0.29) is 18.1 Å². The van der Waals surface area contributed by atoms with Crippen LogP contribution in [0, 0.1) is 11.8 Å². The minimum absolute atomic E-state index is 0.0814. The van der Waals surface area contributed by atoms with Crippen LogP contribution in [0.3, 0.4) is 0 Å². The number of allylic oxidation sites excluding steroid dienone is 2. The summed E-state index contributed by atoms with van der Waals surface area (Å²) in [6.07, 6.45) is 5.04. The van der Waals surface area contributed by atoms with Crippen LogP contribution in [0.4, 0.5) is 0 Å². The summed E-state index contributed by atoms with van der Waals surface area (Å²) < 4.78 is 0.163. The molecule has 4 aromatic carbocycles. The third kappa shape index (κ3) is 6.69. The van der Waals surface area contributed by atoms with Crippen LogP contribution in [0.15, 0.2) is 96.1 Å². The molecule has 4 heteroatoms. The van der Waals surface area contributed by atoms with E-state index in [1.807, 2.05) is 0 Å². The van der Waals surface area contributed by atoms with Gasteiger partial charge < -0.3 is 0 Å². The second-order valence-electron chi connectivity index (χ2n) is 18.5. The van der Waals surface area contributed by atoms with E-state index in [1.165, 1.54) is 66.8 Å². The van der Waals surface area contributed by atoms with Gasteiger partial charge in [0.2, 0.25) is 0 Å². The van der Waals surface area contributed by atoms with Crippen molar-refractivity contribution in [3.63, 3.8) is 0 Å². The molecular weight excluding hydrogens is 767 g/mol. The van der Waals surface area contributed by atoms with E-state index in [0.717, 1.165) is 12.1 Å². The van der Waals surface area contributed by atoms with Crippen LogP contribution >= 0.6 is 17.0 Å². The molecular formula is C48H61Cl2SiZr. The van der Waals surface area contributed by atoms with Gasteiger partial charge in [0.05, 0.1) is 0 Å². The molecule has 2 atom stereocenters. The van der Waals surface area contributed by atoms with Crippen molar-refractivity contribution in [2.75, 3.05) is 0 Å². The molecule has 0 radical (unpaired) electrons. The quantitative estimate of drug-likeness (QED) is 0.147. The maximum atomic E-state index is 9.00. The van der Waals surface area contributed by atoms with Gasteiger partial charge in [-0.1, -0.05) is 0 Å². The maximum absolute atomic E-state index is 9.00. The number of halogens is 2. The van der Waals surface area contributed by atoms with Crippen molar-refractivity contribution < 1.29 is 15.6 Å². The van der Waals surface area contributed by atoms with Crippen LogP contribution < -0.4 is 0 Å². The van der Waals surface area contributed by atoms with Crippen molar-refractivity contribution in [3.8, 4) is 22.3 Å². The first kappa shape index (κ1) is 39.7. The zero-order valence-corrected chi connectivity index (χ0v) is 38.9. The molecule has 0 aromatic heterocycles. The summed E-state index contributed by atoms with van der Waals surface area (Å²) in [7, 11) is 18.0. The minimum atomic E-state index is -5.01. The number of hydrogen-bond acceptors (Lipinski definition) is 0. The van der Waals surface area contributed by atoms with E-state index in [4.69, 9.17) is 17.0 Å². The number of hydrogen-bond donors (Lipinski definition) is 0. The van der Waals surface area contributed by atoms with Gasteiger partial charge in [-0.2, -0.15) is 0 Å². The van der Waals surface area contributed by atoms with Crippen LogP contribution in [0.5, 0.6) is 0 Å². The molecule has 0 fully saturated rings. The summed E-state index contributed by atoms with van der Waals surface area (Å²) in [5, 5.41) is 0. The van der Waals surface area contributed by atoms with Crippen molar-refractivity contribution in [1.29, 1.82) is 0 Å². The molecule has 0 N–H and O–H groups in total. The fourth-order valence-corrected chi connectivity index (χ4v) is 62.4. The van der Waals surface area contributed by atoms with Crippen molar-refractivity contribution in [1.82, 2.24) is 0 Å². The Labute approximate surface area is 324 Å². The Kier molecular flexibility index (Phi) is 10.9. The molecule has 2 aliphatic rings. The molecule has 2 unspecified atom stereocenters. The summed E-state index contributed by atoms with van der Waals surface area (Å²) >= 11 is -5.01. The number of benzene rings is 4. The molecule has 52 heavy (non-hydrogen) atoms. The molecule has 0 bridgehead atoms. The molecule has 0 heterocycles. The third-order valence-electron chi connectivity index (χ3n) is 12.5. The first-order chi connectivity index (χ1) is 24.3. The van der Waals surface area contributed by atoms with Crippen LogP contribution in [0.2, 0.25) is 12.1 Å². The molecule has 275 valence electrons. The van der Waals surface area contributed by atoms with Crippen molar-refractivity contribution in [2.45, 2.75) is 113 Å². The van der Waals surface area contributed by atoms with Gasteiger partial charge in [-0.3, -0.25) is 0 Å². The first-order valence-corrected chi connectivity index (χ1v) is 35.4. The topological polar surface area (TPSA) is 0 Å². The first-order valence-electron chi connectivity index (χ1n) is 19.8. The molecule has 2 aliphatic carbocycles. The van der Waals surface area contributed by atoms with Crippen LogP contribution in [0.1, 0.15) is 124 Å². The van der Waals surface area contributed by atoms with E-state index in [0.29, 0.717) is 11.8 Å². The zero-order chi connectivity index (χ0) is 38.0. The Bertz CT molecular complexity index is 1870. The Hall–Kier alpha value is -1.96. The SMILES string of the molecule is CC[SiH](CC)[Zr]([Cl])([Cl])([CH]1C(C(C)C)=Cc2c(-c3ccc(C(C)(C)C)cc3)cccc21)[CH]1C(C(C)C)=Cc2c(-c3ccc(C(C)(C)C)cc3)cccc21. The van der Waals surface area contributed by atoms with E-state index < -0.39 is 21.5 Å². The van der Waals surface area contributed by atoms with Crippen LogP contribution in [0.25, 0.3) is 34.4 Å². The Balaban J connectivity index is 1.59. The van der Waals surface area contributed by atoms with Crippen molar-refractivity contribution in [2.24, 2.45) is 11.8 Å². The second kappa shape index (κ2) is 14.3. The van der Waals surface area contributed by atoms with Gasteiger partial charge in [0, 0.05) is 0 Å². The van der Waals surface area contributed by atoms with Crippen LogP contribution in [-0.4, -0.2) is 5.92 Å². The number of rotatable bonds is 9. The summed E-state index contributed by atoms with van der Waals surface area (Å²) in [4.78, 5) is 0. The summed E-state index contributed by atoms with van der Waals surface area (Å²) in [6, 6.07) is 34.7. The predicted molar refractivity (Wildman–Crippen MR) is 232 cm³/mol. The summed E-state index contributed by atoms with van der Waals surface area (Å²) in [5.74, 6) is -1.02. The molecule has 6 rings (SSSR count). The third-order valence-corrected chi connectivity index (χ3v) is 62.2. The molecule has 0 saturated heterocycles. The van der Waals surface area contributed by atoms with Gasteiger partial charge in [0.1, 0.15) is 0 Å². The molecule has 0 spiro atoms. The van der Waals surface area contributed by atoms with E-state index in [1.54, 1.807) is 0 Å². The molecule has 0 amide bonds. The molecule has 4 aromatic rings.